The van der Waals surface area contributed by atoms with E-state index in [0.29, 0.717) is 25.5 Å². The van der Waals surface area contributed by atoms with Gasteiger partial charge < -0.3 is 19.4 Å². The summed E-state index contributed by atoms with van der Waals surface area (Å²) in [6.45, 7) is 8.60. The molecular formula is C32H39N3O3. The van der Waals surface area contributed by atoms with Gasteiger partial charge in [-0.1, -0.05) is 50.2 Å². The van der Waals surface area contributed by atoms with Crippen molar-refractivity contribution < 1.29 is 14.3 Å². The molecule has 6 nitrogen and oxygen atoms in total. The number of aryl methyl sites for hydroxylation is 3. The lowest BCUT2D eigenvalue weighted by atomic mass is 10.0. The number of methoxy groups -OCH3 is 1. The number of para-hydroxylation sites is 2. The summed E-state index contributed by atoms with van der Waals surface area (Å²) in [5.41, 5.74) is 5.58. The Morgan fingerprint density at radius 2 is 1.82 bits per heavy atom. The summed E-state index contributed by atoms with van der Waals surface area (Å²) in [5, 5.41) is 3.05. The maximum atomic E-state index is 12.4. The molecule has 1 heterocycles. The lowest BCUT2D eigenvalue weighted by molar-refractivity contribution is -0.120. The molecule has 0 radical (unpaired) electrons. The van der Waals surface area contributed by atoms with E-state index < -0.39 is 0 Å². The first-order valence-electron chi connectivity index (χ1n) is 13.5. The number of imidazole rings is 1. The summed E-state index contributed by atoms with van der Waals surface area (Å²) in [6.07, 6.45) is 2.88. The Morgan fingerprint density at radius 1 is 1.03 bits per heavy atom. The quantitative estimate of drug-likeness (QED) is 0.215. The van der Waals surface area contributed by atoms with Crippen LogP contribution in [0.15, 0.2) is 66.7 Å². The van der Waals surface area contributed by atoms with Crippen molar-refractivity contribution in [3.05, 3.63) is 89.2 Å². The number of nitrogens with one attached hydrogen (secondary N) is 1. The zero-order valence-electron chi connectivity index (χ0n) is 23.0. The van der Waals surface area contributed by atoms with Crippen molar-refractivity contribution in [2.75, 3.05) is 20.3 Å². The monoisotopic (exact) mass is 513 g/mol. The largest absolute Gasteiger partial charge is 0.497 e. The van der Waals surface area contributed by atoms with E-state index >= 15 is 0 Å². The van der Waals surface area contributed by atoms with Gasteiger partial charge >= 0.3 is 0 Å². The van der Waals surface area contributed by atoms with E-state index in [2.05, 4.69) is 67.1 Å². The summed E-state index contributed by atoms with van der Waals surface area (Å²) in [4.78, 5) is 17.3. The lowest BCUT2D eigenvalue weighted by Gasteiger charge is -2.15. The first kappa shape index (κ1) is 27.2. The maximum absolute atomic E-state index is 12.4. The van der Waals surface area contributed by atoms with Gasteiger partial charge in [-0.05, 0) is 72.7 Å². The molecule has 4 rings (SSSR count). The number of benzene rings is 3. The molecule has 0 saturated heterocycles. The molecule has 0 aliphatic carbocycles. The number of amides is 1. The van der Waals surface area contributed by atoms with Crippen molar-refractivity contribution in [1.82, 2.24) is 14.9 Å². The van der Waals surface area contributed by atoms with E-state index in [1.165, 1.54) is 11.1 Å². The van der Waals surface area contributed by atoms with Gasteiger partial charge in [-0.2, -0.15) is 0 Å². The van der Waals surface area contributed by atoms with Crippen LogP contribution in [-0.4, -0.2) is 35.7 Å². The van der Waals surface area contributed by atoms with Crippen LogP contribution in [0.1, 0.15) is 55.1 Å². The third-order valence-corrected chi connectivity index (χ3v) is 6.73. The highest BCUT2D eigenvalue weighted by Crippen LogP contribution is 2.27. The third-order valence-electron chi connectivity index (χ3n) is 6.73. The fourth-order valence-corrected chi connectivity index (χ4v) is 4.68. The Hall–Kier alpha value is -3.80. The summed E-state index contributed by atoms with van der Waals surface area (Å²) in [5.74, 6) is 3.28. The van der Waals surface area contributed by atoms with Gasteiger partial charge in [-0.3, -0.25) is 4.79 Å². The molecule has 6 heteroatoms. The van der Waals surface area contributed by atoms with Crippen molar-refractivity contribution in [2.45, 2.75) is 58.9 Å². The van der Waals surface area contributed by atoms with Crippen molar-refractivity contribution >= 4 is 16.9 Å². The molecule has 0 unspecified atom stereocenters. The second-order valence-corrected chi connectivity index (χ2v) is 10.0. The van der Waals surface area contributed by atoms with Gasteiger partial charge in [-0.15, -0.1) is 0 Å². The summed E-state index contributed by atoms with van der Waals surface area (Å²) >= 11 is 0. The van der Waals surface area contributed by atoms with E-state index in [1.807, 2.05) is 30.3 Å². The fraction of sp³-hybridized carbons (Fsp3) is 0.375. The van der Waals surface area contributed by atoms with E-state index in [0.717, 1.165) is 59.7 Å². The zero-order valence-corrected chi connectivity index (χ0v) is 23.0. The number of rotatable bonds is 13. The van der Waals surface area contributed by atoms with Crippen LogP contribution in [0.2, 0.25) is 0 Å². The maximum Gasteiger partial charge on any atom is 0.224 e. The topological polar surface area (TPSA) is 65.4 Å². The van der Waals surface area contributed by atoms with Gasteiger partial charge in [0.1, 0.15) is 17.3 Å². The highest BCUT2D eigenvalue weighted by Gasteiger charge is 2.12. The Kier molecular flexibility index (Phi) is 9.41. The minimum absolute atomic E-state index is 0.0257. The van der Waals surface area contributed by atoms with Crippen LogP contribution < -0.4 is 14.8 Å². The van der Waals surface area contributed by atoms with Gasteiger partial charge in [-0.25, -0.2) is 4.98 Å². The molecule has 0 saturated carbocycles. The lowest BCUT2D eigenvalue weighted by Crippen LogP contribution is -2.26. The molecule has 1 aromatic heterocycles. The number of nitrogens with zero attached hydrogens (tertiary/aromatic N) is 2. The van der Waals surface area contributed by atoms with E-state index in [1.54, 1.807) is 7.11 Å². The molecule has 0 aliphatic heterocycles. The predicted octanol–water partition coefficient (Wildman–Crippen LogP) is 6.24. The third kappa shape index (κ3) is 7.15. The molecule has 0 atom stereocenters. The van der Waals surface area contributed by atoms with Crippen LogP contribution in [0.25, 0.3) is 11.0 Å². The molecule has 0 fully saturated rings. The molecule has 0 bridgehead atoms. The summed E-state index contributed by atoms with van der Waals surface area (Å²) in [6, 6.07) is 22.3. The fourth-order valence-electron chi connectivity index (χ4n) is 4.68. The van der Waals surface area contributed by atoms with Gasteiger partial charge in [0.15, 0.2) is 0 Å². The van der Waals surface area contributed by atoms with Gasteiger partial charge in [0, 0.05) is 19.5 Å². The average Bonchev–Trinajstić information content (AvgIpc) is 3.26. The summed E-state index contributed by atoms with van der Waals surface area (Å²) < 4.78 is 13.7. The number of carbonyl (C=O) groups is 1. The second kappa shape index (κ2) is 13.1. The Morgan fingerprint density at radius 3 is 2.58 bits per heavy atom. The van der Waals surface area contributed by atoms with Crippen LogP contribution in [0, 0.1) is 6.92 Å². The molecule has 4 aromatic rings. The molecule has 0 aliphatic rings. The Labute approximate surface area is 226 Å². The Bertz CT molecular complexity index is 1340. The van der Waals surface area contributed by atoms with Crippen LogP contribution in [-0.2, 0) is 24.2 Å². The minimum Gasteiger partial charge on any atom is -0.497 e. The average molecular weight is 514 g/mol. The molecular weight excluding hydrogens is 474 g/mol. The van der Waals surface area contributed by atoms with Crippen molar-refractivity contribution in [1.29, 1.82) is 0 Å². The van der Waals surface area contributed by atoms with Gasteiger partial charge in [0.25, 0.3) is 0 Å². The SMILES string of the molecule is COc1ccc(CC(=O)NCCCc2nc3ccccc3n2CCCOc2cc(C)ccc2C(C)C)cc1. The van der Waals surface area contributed by atoms with E-state index in [-0.39, 0.29) is 5.91 Å². The number of hydrogen-bond donors (Lipinski definition) is 1. The highest BCUT2D eigenvalue weighted by molar-refractivity contribution is 5.78. The molecule has 1 amide bonds. The number of aromatic nitrogens is 2. The molecule has 38 heavy (non-hydrogen) atoms. The van der Waals surface area contributed by atoms with E-state index in [4.69, 9.17) is 14.5 Å². The Balaban J connectivity index is 1.30. The highest BCUT2D eigenvalue weighted by atomic mass is 16.5. The summed E-state index contributed by atoms with van der Waals surface area (Å²) in [7, 11) is 1.64. The van der Waals surface area contributed by atoms with Crippen LogP contribution in [0.3, 0.4) is 0 Å². The minimum atomic E-state index is 0.0257. The second-order valence-electron chi connectivity index (χ2n) is 10.0. The number of ether oxygens (including phenoxy) is 2. The van der Waals surface area contributed by atoms with Gasteiger partial charge in [0.05, 0.1) is 31.2 Å². The molecule has 3 aromatic carbocycles. The normalized spacial score (nSPS) is 11.2. The first-order valence-corrected chi connectivity index (χ1v) is 13.5. The zero-order chi connectivity index (χ0) is 26.9. The molecule has 200 valence electrons. The molecule has 0 spiro atoms. The van der Waals surface area contributed by atoms with Crippen molar-refractivity contribution in [3.63, 3.8) is 0 Å². The van der Waals surface area contributed by atoms with Crippen LogP contribution in [0.5, 0.6) is 11.5 Å². The standard InChI is InChI=1S/C32H39N3O3/c1-23(2)27-17-12-24(3)21-30(27)38-20-8-19-35-29-10-6-5-9-28(29)34-31(35)11-7-18-33-32(36)22-25-13-15-26(37-4)16-14-25/h5-6,9-10,12-17,21,23H,7-8,11,18-20,22H2,1-4H3,(H,33,36). The number of fused-ring (bicyclic) bond motifs is 1. The van der Waals surface area contributed by atoms with Crippen molar-refractivity contribution in [3.8, 4) is 11.5 Å². The smallest absolute Gasteiger partial charge is 0.224 e. The van der Waals surface area contributed by atoms with Crippen LogP contribution >= 0.6 is 0 Å². The first-order chi connectivity index (χ1) is 18.4. The van der Waals surface area contributed by atoms with Crippen molar-refractivity contribution in [2.24, 2.45) is 0 Å². The predicted molar refractivity (Wildman–Crippen MR) is 153 cm³/mol. The van der Waals surface area contributed by atoms with E-state index in [9.17, 15) is 4.79 Å². The molecule has 1 N–H and O–H groups in total. The number of hydrogen-bond acceptors (Lipinski definition) is 4. The number of carbonyl (C=O) groups excluding carboxylic acids is 1. The van der Waals surface area contributed by atoms with Crippen LogP contribution in [0.4, 0.5) is 0 Å². The van der Waals surface area contributed by atoms with Gasteiger partial charge in [0.2, 0.25) is 5.91 Å².